The molecule has 2 saturated carbocycles. The summed E-state index contributed by atoms with van der Waals surface area (Å²) in [7, 11) is -1.67. The third kappa shape index (κ3) is 2.75. The molecule has 3 aliphatic rings. The minimum Gasteiger partial charge on any atom is -0.383 e. The van der Waals surface area contributed by atoms with Gasteiger partial charge in [0.05, 0.1) is 6.61 Å². The molecule has 1 saturated heterocycles. The summed E-state index contributed by atoms with van der Waals surface area (Å²) in [5.74, 6) is 0. The van der Waals surface area contributed by atoms with Crippen LogP contribution in [-0.2, 0) is 14.8 Å². The summed E-state index contributed by atoms with van der Waals surface area (Å²) < 4.78 is 32.4. The van der Waals surface area contributed by atoms with Crippen LogP contribution < -0.4 is 4.72 Å². The van der Waals surface area contributed by atoms with Crippen LogP contribution in [0.3, 0.4) is 0 Å². The standard InChI is InChI=1S/C14H26N2O3S/c1-19-11-14(7-8-14)20(17,18)15-12-6-9-16(10-12)13-4-2-3-5-13/h12-13,15H,2-11H2,1H3. The average Bonchev–Trinajstić information content (AvgIpc) is 2.85. The van der Waals surface area contributed by atoms with Crippen LogP contribution in [0.15, 0.2) is 0 Å². The smallest absolute Gasteiger partial charge is 0.219 e. The van der Waals surface area contributed by atoms with Crippen LogP contribution in [0.4, 0.5) is 0 Å². The normalized spacial score (nSPS) is 30.9. The number of hydrogen-bond acceptors (Lipinski definition) is 4. The van der Waals surface area contributed by atoms with E-state index >= 15 is 0 Å². The molecule has 3 rings (SSSR count). The van der Waals surface area contributed by atoms with E-state index in [2.05, 4.69) is 9.62 Å². The highest BCUT2D eigenvalue weighted by Gasteiger charge is 2.55. The number of likely N-dealkylation sites (tertiary alicyclic amines) is 1. The molecular weight excluding hydrogens is 276 g/mol. The zero-order valence-corrected chi connectivity index (χ0v) is 13.1. The highest BCUT2D eigenvalue weighted by Crippen LogP contribution is 2.43. The van der Waals surface area contributed by atoms with Gasteiger partial charge in [-0.25, -0.2) is 13.1 Å². The molecule has 3 fully saturated rings. The lowest BCUT2D eigenvalue weighted by atomic mass is 10.2. The van der Waals surface area contributed by atoms with Crippen LogP contribution in [0.2, 0.25) is 0 Å². The van der Waals surface area contributed by atoms with E-state index in [0.29, 0.717) is 12.6 Å². The van der Waals surface area contributed by atoms with E-state index < -0.39 is 14.8 Å². The fraction of sp³-hybridized carbons (Fsp3) is 1.00. The Balaban J connectivity index is 1.56. The van der Waals surface area contributed by atoms with Crippen LogP contribution in [-0.4, -0.2) is 57.0 Å². The Kier molecular flexibility index (Phi) is 4.10. The van der Waals surface area contributed by atoms with E-state index in [4.69, 9.17) is 4.74 Å². The average molecular weight is 302 g/mol. The van der Waals surface area contributed by atoms with Gasteiger partial charge < -0.3 is 4.74 Å². The van der Waals surface area contributed by atoms with Crippen LogP contribution in [0.1, 0.15) is 44.9 Å². The second-order valence-corrected chi connectivity index (χ2v) is 8.76. The molecule has 1 aliphatic heterocycles. The van der Waals surface area contributed by atoms with Crippen LogP contribution >= 0.6 is 0 Å². The number of methoxy groups -OCH3 is 1. The van der Waals surface area contributed by atoms with Gasteiger partial charge in [-0.05, 0) is 32.1 Å². The summed E-state index contributed by atoms with van der Waals surface area (Å²) in [5, 5.41) is 0. The molecule has 20 heavy (non-hydrogen) atoms. The Bertz CT molecular complexity index is 441. The number of nitrogens with zero attached hydrogens (tertiary/aromatic N) is 1. The van der Waals surface area contributed by atoms with Crippen LogP contribution in [0.25, 0.3) is 0 Å². The largest absolute Gasteiger partial charge is 0.383 e. The highest BCUT2D eigenvalue weighted by atomic mass is 32.2. The molecule has 0 aromatic carbocycles. The molecule has 0 bridgehead atoms. The van der Waals surface area contributed by atoms with E-state index in [0.717, 1.165) is 32.4 Å². The molecule has 0 radical (unpaired) electrons. The van der Waals surface area contributed by atoms with Gasteiger partial charge in [0, 0.05) is 32.3 Å². The molecule has 0 amide bonds. The van der Waals surface area contributed by atoms with E-state index in [-0.39, 0.29) is 6.04 Å². The zero-order valence-electron chi connectivity index (χ0n) is 12.3. The van der Waals surface area contributed by atoms with Gasteiger partial charge in [-0.3, -0.25) is 4.90 Å². The summed E-state index contributed by atoms with van der Waals surface area (Å²) in [6.07, 6.45) is 7.63. The molecule has 116 valence electrons. The van der Waals surface area contributed by atoms with Gasteiger partial charge >= 0.3 is 0 Å². The number of sulfonamides is 1. The van der Waals surface area contributed by atoms with Gasteiger partial charge in [0.25, 0.3) is 0 Å². The predicted molar refractivity (Wildman–Crippen MR) is 78.1 cm³/mol. The van der Waals surface area contributed by atoms with Crippen molar-refractivity contribution in [2.45, 2.75) is 61.8 Å². The van der Waals surface area contributed by atoms with Crippen molar-refractivity contribution in [3.05, 3.63) is 0 Å². The molecule has 1 N–H and O–H groups in total. The first-order valence-electron chi connectivity index (χ1n) is 7.81. The van der Waals surface area contributed by atoms with Crippen molar-refractivity contribution < 1.29 is 13.2 Å². The van der Waals surface area contributed by atoms with Crippen molar-refractivity contribution in [2.75, 3.05) is 26.8 Å². The second-order valence-electron chi connectivity index (χ2n) is 6.66. The first kappa shape index (κ1) is 14.8. The maximum absolute atomic E-state index is 12.5. The Morgan fingerprint density at radius 3 is 2.55 bits per heavy atom. The topological polar surface area (TPSA) is 58.6 Å². The summed E-state index contributed by atoms with van der Waals surface area (Å²) in [5.41, 5.74) is 0. The number of nitrogens with one attached hydrogen (secondary N) is 1. The van der Waals surface area contributed by atoms with Crippen molar-refractivity contribution in [1.29, 1.82) is 0 Å². The van der Waals surface area contributed by atoms with Gasteiger partial charge in [-0.15, -0.1) is 0 Å². The zero-order chi connectivity index (χ0) is 14.2. The van der Waals surface area contributed by atoms with Gasteiger partial charge in [0.2, 0.25) is 10.0 Å². The number of rotatable bonds is 6. The van der Waals surface area contributed by atoms with E-state index in [1.165, 1.54) is 25.7 Å². The Morgan fingerprint density at radius 2 is 1.95 bits per heavy atom. The minimum absolute atomic E-state index is 0.0925. The lowest BCUT2D eigenvalue weighted by Gasteiger charge is -2.24. The van der Waals surface area contributed by atoms with E-state index in [1.807, 2.05) is 0 Å². The minimum atomic E-state index is -3.24. The van der Waals surface area contributed by atoms with Crippen molar-refractivity contribution in [2.24, 2.45) is 0 Å². The third-order valence-corrected chi connectivity index (χ3v) is 7.48. The van der Waals surface area contributed by atoms with Gasteiger partial charge in [0.15, 0.2) is 0 Å². The first-order valence-corrected chi connectivity index (χ1v) is 9.29. The van der Waals surface area contributed by atoms with Crippen molar-refractivity contribution in [1.82, 2.24) is 9.62 Å². The molecular formula is C14H26N2O3S. The summed E-state index contributed by atoms with van der Waals surface area (Å²) in [6, 6.07) is 0.785. The highest BCUT2D eigenvalue weighted by molar-refractivity contribution is 7.91. The van der Waals surface area contributed by atoms with Gasteiger partial charge in [-0.1, -0.05) is 12.8 Å². The first-order chi connectivity index (χ1) is 9.56. The van der Waals surface area contributed by atoms with Crippen LogP contribution in [0, 0.1) is 0 Å². The quantitative estimate of drug-likeness (QED) is 0.798. The molecule has 0 spiro atoms. The lowest BCUT2D eigenvalue weighted by molar-refractivity contribution is 0.191. The molecule has 2 aliphatic carbocycles. The third-order valence-electron chi connectivity index (χ3n) is 5.17. The summed E-state index contributed by atoms with van der Waals surface area (Å²) >= 11 is 0. The molecule has 1 heterocycles. The molecule has 1 unspecified atom stereocenters. The summed E-state index contributed by atoms with van der Waals surface area (Å²) in [6.45, 7) is 2.24. The monoisotopic (exact) mass is 302 g/mol. The van der Waals surface area contributed by atoms with Crippen molar-refractivity contribution in [3.8, 4) is 0 Å². The number of hydrogen-bond donors (Lipinski definition) is 1. The maximum atomic E-state index is 12.5. The van der Waals surface area contributed by atoms with E-state index in [9.17, 15) is 8.42 Å². The second kappa shape index (κ2) is 5.55. The molecule has 1 atom stereocenters. The summed E-state index contributed by atoms with van der Waals surface area (Å²) in [4.78, 5) is 2.48. The maximum Gasteiger partial charge on any atom is 0.219 e. The SMILES string of the molecule is COCC1(S(=O)(=O)NC2CCN(C3CCCC3)C2)CC1. The lowest BCUT2D eigenvalue weighted by Crippen LogP contribution is -2.45. The molecule has 5 nitrogen and oxygen atoms in total. The van der Waals surface area contributed by atoms with Crippen molar-refractivity contribution >= 4 is 10.0 Å². The molecule has 6 heteroatoms. The van der Waals surface area contributed by atoms with Gasteiger partial charge in [0.1, 0.15) is 4.75 Å². The van der Waals surface area contributed by atoms with Crippen LogP contribution in [0.5, 0.6) is 0 Å². The Hall–Kier alpha value is -0.170. The predicted octanol–water partition coefficient (Wildman–Crippen LogP) is 1.10. The van der Waals surface area contributed by atoms with E-state index in [1.54, 1.807) is 7.11 Å². The Morgan fingerprint density at radius 1 is 1.25 bits per heavy atom. The fourth-order valence-corrected chi connectivity index (χ4v) is 5.52. The fourth-order valence-electron chi connectivity index (χ4n) is 3.72. The molecule has 0 aromatic rings. The van der Waals surface area contributed by atoms with Crippen molar-refractivity contribution in [3.63, 3.8) is 0 Å². The Labute approximate surface area is 122 Å². The molecule has 0 aromatic heterocycles. The number of ether oxygens (including phenoxy) is 1. The van der Waals surface area contributed by atoms with Gasteiger partial charge in [-0.2, -0.15) is 0 Å².